The summed E-state index contributed by atoms with van der Waals surface area (Å²) in [5.41, 5.74) is -0.729. The minimum atomic E-state index is -0.785. The van der Waals surface area contributed by atoms with Gasteiger partial charge in [0.1, 0.15) is 0 Å². The number of carbonyl (C=O) groups is 2. The average Bonchev–Trinajstić information content (AvgIpc) is 2.73. The molecular weight excluding hydrogens is 220 g/mol. The molecule has 0 unspecified atom stereocenters. The Morgan fingerprint density at radius 1 is 1.29 bits per heavy atom. The summed E-state index contributed by atoms with van der Waals surface area (Å²) in [7, 11) is 0. The van der Waals surface area contributed by atoms with Gasteiger partial charge in [0, 0.05) is 12.6 Å². The molecule has 0 radical (unpaired) electrons. The molecule has 1 aliphatic carbocycles. The van der Waals surface area contributed by atoms with Crippen molar-refractivity contribution in [1.29, 1.82) is 0 Å². The van der Waals surface area contributed by atoms with Crippen LogP contribution in [0.1, 0.15) is 39.5 Å². The maximum Gasteiger partial charge on any atom is 0.311 e. The van der Waals surface area contributed by atoms with Crippen LogP contribution in [0, 0.1) is 5.41 Å². The van der Waals surface area contributed by atoms with Gasteiger partial charge in [0.2, 0.25) is 5.91 Å². The molecule has 0 aromatic carbocycles. The lowest BCUT2D eigenvalue weighted by atomic mass is 9.86. The standard InChI is InChI=1S/C12H22N2O3/c1-9(2)13-7-10(15)14-8-12(11(16)17)5-3-4-6-12/h9,13H,3-8H2,1-2H3,(H,14,15)(H,16,17). The highest BCUT2D eigenvalue weighted by atomic mass is 16.4. The molecule has 1 fully saturated rings. The van der Waals surface area contributed by atoms with Crippen LogP contribution in [0.25, 0.3) is 0 Å². The third-order valence-electron chi connectivity index (χ3n) is 3.31. The maximum absolute atomic E-state index is 11.5. The number of nitrogens with one attached hydrogen (secondary N) is 2. The lowest BCUT2D eigenvalue weighted by molar-refractivity contribution is -0.148. The first-order valence-electron chi connectivity index (χ1n) is 6.20. The van der Waals surface area contributed by atoms with E-state index in [-0.39, 0.29) is 25.0 Å². The zero-order valence-corrected chi connectivity index (χ0v) is 10.6. The van der Waals surface area contributed by atoms with Crippen molar-refractivity contribution in [1.82, 2.24) is 10.6 Å². The van der Waals surface area contributed by atoms with Crippen molar-refractivity contribution in [3.63, 3.8) is 0 Å². The molecule has 1 saturated carbocycles. The Labute approximate surface area is 102 Å². The van der Waals surface area contributed by atoms with Crippen molar-refractivity contribution < 1.29 is 14.7 Å². The van der Waals surface area contributed by atoms with Crippen LogP contribution in [-0.2, 0) is 9.59 Å². The predicted molar refractivity (Wildman–Crippen MR) is 64.7 cm³/mol. The van der Waals surface area contributed by atoms with Crippen LogP contribution in [0.3, 0.4) is 0 Å². The molecule has 0 heterocycles. The smallest absolute Gasteiger partial charge is 0.311 e. The largest absolute Gasteiger partial charge is 0.481 e. The third kappa shape index (κ3) is 4.00. The fraction of sp³-hybridized carbons (Fsp3) is 0.833. The van der Waals surface area contributed by atoms with E-state index in [4.69, 9.17) is 0 Å². The van der Waals surface area contributed by atoms with E-state index >= 15 is 0 Å². The molecule has 1 amide bonds. The maximum atomic E-state index is 11.5. The summed E-state index contributed by atoms with van der Waals surface area (Å²) in [5.74, 6) is -0.918. The van der Waals surface area contributed by atoms with Crippen LogP contribution in [0.5, 0.6) is 0 Å². The second-order valence-electron chi connectivity index (χ2n) is 5.10. The Bertz CT molecular complexity index is 283. The van der Waals surface area contributed by atoms with Gasteiger partial charge >= 0.3 is 5.97 Å². The summed E-state index contributed by atoms with van der Waals surface area (Å²) in [4.78, 5) is 22.7. The first-order valence-corrected chi connectivity index (χ1v) is 6.20. The van der Waals surface area contributed by atoms with Gasteiger partial charge in [-0.25, -0.2) is 0 Å². The minimum Gasteiger partial charge on any atom is -0.481 e. The van der Waals surface area contributed by atoms with Gasteiger partial charge in [0.05, 0.1) is 12.0 Å². The molecule has 0 saturated heterocycles. The Morgan fingerprint density at radius 3 is 2.35 bits per heavy atom. The molecule has 3 N–H and O–H groups in total. The number of aliphatic carboxylic acids is 1. The van der Waals surface area contributed by atoms with Crippen LogP contribution in [-0.4, -0.2) is 36.1 Å². The van der Waals surface area contributed by atoms with E-state index in [2.05, 4.69) is 10.6 Å². The summed E-state index contributed by atoms with van der Waals surface area (Å²) >= 11 is 0. The fourth-order valence-corrected chi connectivity index (χ4v) is 2.15. The van der Waals surface area contributed by atoms with Crippen molar-refractivity contribution in [3.05, 3.63) is 0 Å². The highest BCUT2D eigenvalue weighted by Gasteiger charge is 2.41. The minimum absolute atomic E-state index is 0.133. The molecule has 5 nitrogen and oxygen atoms in total. The van der Waals surface area contributed by atoms with Gasteiger partial charge in [-0.2, -0.15) is 0 Å². The fourth-order valence-electron chi connectivity index (χ4n) is 2.15. The number of hydrogen-bond acceptors (Lipinski definition) is 3. The molecule has 98 valence electrons. The van der Waals surface area contributed by atoms with Crippen LogP contribution in [0.15, 0.2) is 0 Å². The number of carbonyl (C=O) groups excluding carboxylic acids is 1. The molecular formula is C12H22N2O3. The Hall–Kier alpha value is -1.10. The van der Waals surface area contributed by atoms with Gasteiger partial charge in [0.25, 0.3) is 0 Å². The van der Waals surface area contributed by atoms with Gasteiger partial charge in [-0.3, -0.25) is 9.59 Å². The highest BCUT2D eigenvalue weighted by Crippen LogP contribution is 2.37. The summed E-state index contributed by atoms with van der Waals surface area (Å²) in [5, 5.41) is 15.0. The monoisotopic (exact) mass is 242 g/mol. The number of hydrogen-bond donors (Lipinski definition) is 3. The van der Waals surface area contributed by atoms with E-state index in [1.165, 1.54) is 0 Å². The topological polar surface area (TPSA) is 78.4 Å². The summed E-state index contributed by atoms with van der Waals surface area (Å²) < 4.78 is 0. The predicted octanol–water partition coefficient (Wildman–Crippen LogP) is 0.746. The van der Waals surface area contributed by atoms with Crippen molar-refractivity contribution >= 4 is 11.9 Å². The average molecular weight is 242 g/mol. The van der Waals surface area contributed by atoms with Crippen molar-refractivity contribution in [2.75, 3.05) is 13.1 Å². The first-order chi connectivity index (χ1) is 7.96. The molecule has 0 aromatic heterocycles. The van der Waals surface area contributed by atoms with Crippen molar-refractivity contribution in [2.45, 2.75) is 45.6 Å². The zero-order chi connectivity index (χ0) is 12.9. The summed E-state index contributed by atoms with van der Waals surface area (Å²) in [6.07, 6.45) is 3.21. The molecule has 0 atom stereocenters. The Morgan fingerprint density at radius 2 is 1.88 bits per heavy atom. The quantitative estimate of drug-likeness (QED) is 0.642. The number of amides is 1. The van der Waals surface area contributed by atoms with Crippen LogP contribution >= 0.6 is 0 Å². The van der Waals surface area contributed by atoms with Gasteiger partial charge < -0.3 is 15.7 Å². The lowest BCUT2D eigenvalue weighted by Gasteiger charge is -2.24. The van der Waals surface area contributed by atoms with Gasteiger partial charge in [-0.05, 0) is 12.8 Å². The van der Waals surface area contributed by atoms with Gasteiger partial charge in [-0.1, -0.05) is 26.7 Å². The molecule has 0 aliphatic heterocycles. The zero-order valence-electron chi connectivity index (χ0n) is 10.6. The SMILES string of the molecule is CC(C)NCC(=O)NCC1(C(=O)O)CCCC1. The number of carboxylic acids is 1. The van der Waals surface area contributed by atoms with Crippen LogP contribution in [0.4, 0.5) is 0 Å². The highest BCUT2D eigenvalue weighted by molar-refractivity contribution is 5.80. The van der Waals surface area contributed by atoms with Crippen LogP contribution < -0.4 is 10.6 Å². The molecule has 0 bridgehead atoms. The number of rotatable bonds is 6. The van der Waals surface area contributed by atoms with Crippen molar-refractivity contribution in [2.24, 2.45) is 5.41 Å². The van der Waals surface area contributed by atoms with E-state index in [1.807, 2.05) is 13.8 Å². The normalized spacial score (nSPS) is 18.3. The second kappa shape index (κ2) is 6.00. The summed E-state index contributed by atoms with van der Waals surface area (Å²) in [6.45, 7) is 4.42. The molecule has 1 aliphatic rings. The van der Waals surface area contributed by atoms with E-state index in [1.54, 1.807) is 0 Å². The van der Waals surface area contributed by atoms with E-state index in [0.29, 0.717) is 12.8 Å². The number of carboxylic acid groups (broad SMARTS) is 1. The second-order valence-corrected chi connectivity index (χ2v) is 5.10. The van der Waals surface area contributed by atoms with E-state index < -0.39 is 11.4 Å². The Balaban J connectivity index is 2.37. The van der Waals surface area contributed by atoms with E-state index in [0.717, 1.165) is 12.8 Å². The van der Waals surface area contributed by atoms with E-state index in [9.17, 15) is 14.7 Å². The molecule has 0 aromatic rings. The summed E-state index contributed by atoms with van der Waals surface area (Å²) in [6, 6.07) is 0.251. The Kier molecular flexibility index (Phi) is 4.93. The van der Waals surface area contributed by atoms with Crippen LogP contribution in [0.2, 0.25) is 0 Å². The van der Waals surface area contributed by atoms with Gasteiger partial charge in [0.15, 0.2) is 0 Å². The van der Waals surface area contributed by atoms with Crippen molar-refractivity contribution in [3.8, 4) is 0 Å². The molecule has 1 rings (SSSR count). The molecule has 0 spiro atoms. The lowest BCUT2D eigenvalue weighted by Crippen LogP contribution is -2.44. The van der Waals surface area contributed by atoms with Gasteiger partial charge in [-0.15, -0.1) is 0 Å². The molecule has 17 heavy (non-hydrogen) atoms. The third-order valence-corrected chi connectivity index (χ3v) is 3.31. The molecule has 5 heteroatoms. The first kappa shape index (κ1) is 14.0.